The van der Waals surface area contributed by atoms with Crippen molar-refractivity contribution < 1.29 is 14.4 Å². The van der Waals surface area contributed by atoms with E-state index in [0.29, 0.717) is 36.8 Å². The van der Waals surface area contributed by atoms with Gasteiger partial charge in [0.25, 0.3) is 0 Å². The summed E-state index contributed by atoms with van der Waals surface area (Å²) < 4.78 is 0. The summed E-state index contributed by atoms with van der Waals surface area (Å²) in [6, 6.07) is 15.5. The largest absolute Gasteiger partial charge is 0.368 e. The molecule has 0 unspecified atom stereocenters. The molecule has 0 aliphatic carbocycles. The lowest BCUT2D eigenvalue weighted by Crippen LogP contribution is -2.51. The van der Waals surface area contributed by atoms with Crippen molar-refractivity contribution in [3.8, 4) is 0 Å². The molecule has 2 N–H and O–H groups in total. The van der Waals surface area contributed by atoms with Gasteiger partial charge >= 0.3 is 0 Å². The summed E-state index contributed by atoms with van der Waals surface area (Å²) in [4.78, 5) is 40.5. The number of hydrogen-bond acceptors (Lipinski definition) is 4. The Balaban J connectivity index is 1.53. The number of carbonyl (C=O) groups excluding carboxylic acids is 3. The molecule has 2 amide bonds. The molecule has 0 bridgehead atoms. The lowest BCUT2D eigenvalue weighted by molar-refractivity contribution is -0.134. The van der Waals surface area contributed by atoms with Crippen molar-refractivity contribution in [2.45, 2.75) is 18.9 Å². The van der Waals surface area contributed by atoms with Crippen LogP contribution in [-0.2, 0) is 9.59 Å². The van der Waals surface area contributed by atoms with E-state index in [1.807, 2.05) is 23.1 Å². The lowest BCUT2D eigenvalue weighted by atomic mass is 10.0. The van der Waals surface area contributed by atoms with Crippen LogP contribution in [-0.4, -0.2) is 53.6 Å². The van der Waals surface area contributed by atoms with Gasteiger partial charge in [0.05, 0.1) is 0 Å². The monoisotopic (exact) mass is 413 g/mol. The highest BCUT2D eigenvalue weighted by Gasteiger charge is 2.30. The molecule has 0 aromatic heterocycles. The van der Waals surface area contributed by atoms with Gasteiger partial charge in [-0.25, -0.2) is 0 Å². The third-order valence-electron chi connectivity index (χ3n) is 5.15. The van der Waals surface area contributed by atoms with E-state index >= 15 is 0 Å². The molecule has 2 aromatic carbocycles. The first kappa shape index (κ1) is 21.0. The van der Waals surface area contributed by atoms with Crippen LogP contribution in [0.4, 0.5) is 0 Å². The highest BCUT2D eigenvalue weighted by molar-refractivity contribution is 6.30. The van der Waals surface area contributed by atoms with Crippen LogP contribution in [0.5, 0.6) is 0 Å². The van der Waals surface area contributed by atoms with Gasteiger partial charge in [0.2, 0.25) is 11.8 Å². The summed E-state index contributed by atoms with van der Waals surface area (Å²) in [6.07, 6.45) is 0.377. The standard InChI is InChI=1S/C22H24ClN3O3/c23-18-8-6-17(7-9-18)21(22(24)29)26-14-12-25(13-15-26)20(28)11-10-19(27)16-4-2-1-3-5-16/h1-9,21H,10-15H2,(H2,24,29)/t21-/m1/s1. The van der Waals surface area contributed by atoms with Crippen LogP contribution in [0, 0.1) is 0 Å². The maximum atomic E-state index is 12.5. The smallest absolute Gasteiger partial charge is 0.239 e. The molecule has 6 nitrogen and oxygen atoms in total. The molecule has 1 heterocycles. The zero-order chi connectivity index (χ0) is 20.8. The predicted octanol–water partition coefficient (Wildman–Crippen LogP) is 2.67. The molecule has 7 heteroatoms. The van der Waals surface area contributed by atoms with E-state index in [1.165, 1.54) is 0 Å². The fourth-order valence-electron chi connectivity index (χ4n) is 3.58. The molecular formula is C22H24ClN3O3. The second-order valence-electron chi connectivity index (χ2n) is 7.06. The number of piperazine rings is 1. The number of benzene rings is 2. The second kappa shape index (κ2) is 9.67. The normalized spacial score (nSPS) is 15.7. The van der Waals surface area contributed by atoms with Gasteiger partial charge in [-0.2, -0.15) is 0 Å². The van der Waals surface area contributed by atoms with E-state index in [0.717, 1.165) is 5.56 Å². The Morgan fingerprint density at radius 3 is 2.10 bits per heavy atom. The number of primary amides is 1. The van der Waals surface area contributed by atoms with Crippen LogP contribution in [0.15, 0.2) is 54.6 Å². The molecular weight excluding hydrogens is 390 g/mol. The Kier molecular flexibility index (Phi) is 7.01. The molecule has 0 saturated carbocycles. The summed E-state index contributed by atoms with van der Waals surface area (Å²) in [6.45, 7) is 2.06. The van der Waals surface area contributed by atoms with Crippen LogP contribution >= 0.6 is 11.6 Å². The van der Waals surface area contributed by atoms with Crippen LogP contribution in [0.3, 0.4) is 0 Å². The van der Waals surface area contributed by atoms with E-state index in [4.69, 9.17) is 17.3 Å². The van der Waals surface area contributed by atoms with Crippen LogP contribution in [0.25, 0.3) is 0 Å². The van der Waals surface area contributed by atoms with Gasteiger partial charge in [-0.3, -0.25) is 19.3 Å². The van der Waals surface area contributed by atoms with Gasteiger partial charge in [0.1, 0.15) is 6.04 Å². The number of rotatable bonds is 7. The molecule has 0 spiro atoms. The number of nitrogens with zero attached hydrogens (tertiary/aromatic N) is 2. The lowest BCUT2D eigenvalue weighted by Gasteiger charge is -2.38. The summed E-state index contributed by atoms with van der Waals surface area (Å²) in [5.41, 5.74) is 7.05. The summed E-state index contributed by atoms with van der Waals surface area (Å²) in [5, 5.41) is 0.595. The van der Waals surface area contributed by atoms with E-state index in [-0.39, 0.29) is 24.5 Å². The fourth-order valence-corrected chi connectivity index (χ4v) is 3.70. The number of nitrogens with two attached hydrogens (primary N) is 1. The van der Waals surface area contributed by atoms with Crippen molar-refractivity contribution in [1.82, 2.24) is 9.80 Å². The molecule has 1 aliphatic heterocycles. The quantitative estimate of drug-likeness (QED) is 0.707. The van der Waals surface area contributed by atoms with Crippen molar-refractivity contribution in [3.05, 3.63) is 70.7 Å². The van der Waals surface area contributed by atoms with Crippen molar-refractivity contribution in [2.24, 2.45) is 5.73 Å². The SMILES string of the molecule is NC(=O)[C@@H](c1ccc(Cl)cc1)N1CCN(C(=O)CCC(=O)c2ccccc2)CC1. The summed E-state index contributed by atoms with van der Waals surface area (Å²) in [7, 11) is 0. The molecule has 1 fully saturated rings. The minimum Gasteiger partial charge on any atom is -0.368 e. The predicted molar refractivity (Wildman–Crippen MR) is 112 cm³/mol. The molecule has 1 atom stereocenters. The number of carbonyl (C=O) groups is 3. The Hall–Kier alpha value is -2.70. The number of Topliss-reactive ketones (excluding diaryl/α,β-unsaturated/α-hetero) is 1. The first-order valence-corrected chi connectivity index (χ1v) is 9.98. The average molecular weight is 414 g/mol. The Morgan fingerprint density at radius 1 is 0.897 bits per heavy atom. The van der Waals surface area contributed by atoms with Crippen molar-refractivity contribution in [3.63, 3.8) is 0 Å². The summed E-state index contributed by atoms with van der Waals surface area (Å²) in [5.74, 6) is -0.509. The second-order valence-corrected chi connectivity index (χ2v) is 7.50. The van der Waals surface area contributed by atoms with Crippen LogP contribution in [0.1, 0.15) is 34.8 Å². The van der Waals surface area contributed by atoms with Crippen molar-refractivity contribution >= 4 is 29.2 Å². The van der Waals surface area contributed by atoms with E-state index in [2.05, 4.69) is 0 Å². The van der Waals surface area contributed by atoms with Crippen molar-refractivity contribution in [1.29, 1.82) is 0 Å². The molecule has 0 radical (unpaired) electrons. The third-order valence-corrected chi connectivity index (χ3v) is 5.40. The van der Waals surface area contributed by atoms with Gasteiger partial charge in [-0.05, 0) is 17.7 Å². The Bertz CT molecular complexity index is 863. The maximum absolute atomic E-state index is 12.5. The first-order chi connectivity index (χ1) is 14.0. The molecule has 1 aliphatic rings. The maximum Gasteiger partial charge on any atom is 0.239 e. The van der Waals surface area contributed by atoms with E-state index in [9.17, 15) is 14.4 Å². The van der Waals surface area contributed by atoms with Crippen molar-refractivity contribution in [2.75, 3.05) is 26.2 Å². The first-order valence-electron chi connectivity index (χ1n) is 9.60. The zero-order valence-corrected chi connectivity index (χ0v) is 16.8. The number of ketones is 1. The highest BCUT2D eigenvalue weighted by atomic mass is 35.5. The van der Waals surface area contributed by atoms with Gasteiger partial charge in [0, 0.05) is 49.6 Å². The molecule has 152 valence electrons. The van der Waals surface area contributed by atoms with E-state index in [1.54, 1.807) is 41.3 Å². The third kappa shape index (κ3) is 5.43. The zero-order valence-electron chi connectivity index (χ0n) is 16.1. The Labute approximate surface area is 175 Å². The highest BCUT2D eigenvalue weighted by Crippen LogP contribution is 2.24. The average Bonchev–Trinajstić information content (AvgIpc) is 2.74. The topological polar surface area (TPSA) is 83.7 Å². The molecule has 1 saturated heterocycles. The van der Waals surface area contributed by atoms with Crippen LogP contribution < -0.4 is 5.73 Å². The summed E-state index contributed by atoms with van der Waals surface area (Å²) >= 11 is 5.93. The number of halogens is 1. The van der Waals surface area contributed by atoms with Gasteiger partial charge < -0.3 is 10.6 Å². The van der Waals surface area contributed by atoms with Gasteiger partial charge in [-0.15, -0.1) is 0 Å². The van der Waals surface area contributed by atoms with E-state index < -0.39 is 11.9 Å². The minimum atomic E-state index is -0.552. The number of amides is 2. The molecule has 2 aromatic rings. The van der Waals surface area contributed by atoms with Crippen LogP contribution in [0.2, 0.25) is 5.02 Å². The van der Waals surface area contributed by atoms with Gasteiger partial charge in [0.15, 0.2) is 5.78 Å². The Morgan fingerprint density at radius 2 is 1.52 bits per heavy atom. The fraction of sp³-hybridized carbons (Fsp3) is 0.318. The molecule has 29 heavy (non-hydrogen) atoms. The number of hydrogen-bond donors (Lipinski definition) is 1. The minimum absolute atomic E-state index is 0.0332. The molecule has 3 rings (SSSR count). The van der Waals surface area contributed by atoms with Gasteiger partial charge in [-0.1, -0.05) is 54.1 Å².